The molecule has 312 valence electrons. The van der Waals surface area contributed by atoms with Crippen LogP contribution in [0.5, 0.6) is 0 Å². The molecule has 5 rings (SSSR count). The van der Waals surface area contributed by atoms with Gasteiger partial charge in [0.25, 0.3) is 0 Å². The lowest BCUT2D eigenvalue weighted by Gasteiger charge is -2.62. The number of carboxylic acid groups (broad SMARTS) is 2. The van der Waals surface area contributed by atoms with E-state index in [0.29, 0.717) is 19.3 Å². The minimum absolute atomic E-state index is 0.0333. The highest BCUT2D eigenvalue weighted by Gasteiger charge is 2.67. The molecule has 0 aromatic carbocycles. The van der Waals surface area contributed by atoms with Crippen LogP contribution in [0.4, 0.5) is 0 Å². The van der Waals surface area contributed by atoms with Gasteiger partial charge in [0.15, 0.2) is 37.0 Å². The summed E-state index contributed by atoms with van der Waals surface area (Å²) in [6, 6.07) is 0. The molecule has 55 heavy (non-hydrogen) atoms. The largest absolute Gasteiger partial charge is 0.481 e. The molecule has 8 unspecified atom stereocenters. The summed E-state index contributed by atoms with van der Waals surface area (Å²) in [5, 5.41) is 56.0. The van der Waals surface area contributed by atoms with Gasteiger partial charge in [-0.1, -0.05) is 37.4 Å². The molecule has 5 N–H and O–H groups in total. The van der Waals surface area contributed by atoms with Crippen LogP contribution in [0.3, 0.4) is 0 Å². The Morgan fingerprint density at radius 2 is 1.64 bits per heavy atom. The zero-order valence-electron chi connectivity index (χ0n) is 30.7. The molecule has 19 nitrogen and oxygen atoms in total. The average Bonchev–Trinajstić information content (AvgIpc) is 3.29. The second-order valence-electron chi connectivity index (χ2n) is 15.8. The number of aliphatic carboxylic acids is 2. The molecular weight excluding hydrogens is 776 g/mol. The van der Waals surface area contributed by atoms with Crippen molar-refractivity contribution in [2.45, 2.75) is 128 Å². The van der Waals surface area contributed by atoms with Gasteiger partial charge in [0.2, 0.25) is 0 Å². The van der Waals surface area contributed by atoms with Crippen LogP contribution in [0.15, 0.2) is 12.2 Å². The van der Waals surface area contributed by atoms with Gasteiger partial charge in [-0.2, -0.15) is 0 Å². The van der Waals surface area contributed by atoms with Crippen LogP contribution in [0.1, 0.15) is 85.0 Å². The van der Waals surface area contributed by atoms with Gasteiger partial charge in [-0.05, 0) is 79.6 Å². The third kappa shape index (κ3) is 9.78. The van der Waals surface area contributed by atoms with Gasteiger partial charge in [-0.3, -0.25) is 27.5 Å². The van der Waals surface area contributed by atoms with Gasteiger partial charge in [0.1, 0.15) is 24.9 Å². The Morgan fingerprint density at radius 3 is 2.27 bits per heavy atom. The van der Waals surface area contributed by atoms with E-state index in [1.807, 2.05) is 0 Å². The number of aliphatic hydroxyl groups is 1. The number of carboxylic acids is 2. The molecule has 1 spiro atoms. The normalized spacial score (nSPS) is 38.2. The SMILES string of the molecule is C=C1C2CCC3C4(C)CC(O[C@@H]5O[C@@H](COC(=O)CCC(=O)O)[C@@H](OSOOO)[C@H](OSOOO)C5OC(=O)CC(C)C)CC(C(=O)O)C4CCC3(C2)[C@H]1O. The molecule has 13 atom stereocenters. The molecule has 5 aliphatic rings. The Kier molecular flexibility index (Phi) is 15.3. The van der Waals surface area contributed by atoms with Crippen LogP contribution in [0, 0.1) is 40.4 Å². The average molecular weight is 827 g/mol. The summed E-state index contributed by atoms with van der Waals surface area (Å²) in [5.74, 6) is -4.81. The zero-order valence-corrected chi connectivity index (χ0v) is 32.3. The zero-order chi connectivity index (χ0) is 40.1. The lowest BCUT2D eigenvalue weighted by molar-refractivity contribution is -0.436. The van der Waals surface area contributed by atoms with Crippen molar-refractivity contribution < 1.29 is 91.1 Å². The van der Waals surface area contributed by atoms with E-state index in [1.54, 1.807) is 13.8 Å². The first-order valence-electron chi connectivity index (χ1n) is 18.2. The van der Waals surface area contributed by atoms with Crippen LogP contribution in [0.25, 0.3) is 0 Å². The van der Waals surface area contributed by atoms with Crippen LogP contribution < -0.4 is 0 Å². The van der Waals surface area contributed by atoms with Crippen molar-refractivity contribution in [2.75, 3.05) is 6.61 Å². The number of rotatable bonds is 19. The molecule has 0 amide bonds. The predicted molar refractivity (Wildman–Crippen MR) is 185 cm³/mol. The quantitative estimate of drug-likeness (QED) is 0.0229. The second-order valence-corrected chi connectivity index (χ2v) is 16.7. The van der Waals surface area contributed by atoms with Crippen LogP contribution in [0.2, 0.25) is 0 Å². The standard InChI is InChI=1S/C34H50O19S2/c1-16(2)11-26(38)47-29-28(49-55-53-51-43)27(48-54-52-50-42)22(15-44-25(37)8-7-24(35)36)46-32(29)45-19-12-20(31(40)41)21-9-10-34-13-18(17(3)30(34)39)5-6-23(34)33(21,4)14-19/h16,18-23,27-30,32,39,42-43H,3,5-15H2,1-2,4H3,(H,35,36)(H,40,41)/t18?,19?,20?,21?,22-,23?,27+,28-,29?,30-,32+,33?,34?/m0/s1. The maximum absolute atomic E-state index is 13.3. The van der Waals surface area contributed by atoms with E-state index in [0.717, 1.165) is 24.8 Å². The molecule has 1 aliphatic heterocycles. The maximum atomic E-state index is 13.3. The summed E-state index contributed by atoms with van der Waals surface area (Å²) in [4.78, 5) is 49.8. The van der Waals surface area contributed by atoms with Crippen molar-refractivity contribution in [3.05, 3.63) is 12.2 Å². The van der Waals surface area contributed by atoms with E-state index >= 15 is 0 Å². The number of hydrogen-bond donors (Lipinski definition) is 5. The first-order valence-corrected chi connectivity index (χ1v) is 19.6. The van der Waals surface area contributed by atoms with Crippen molar-refractivity contribution >= 4 is 48.5 Å². The fourth-order valence-corrected chi connectivity index (χ4v) is 10.9. The third-order valence-corrected chi connectivity index (χ3v) is 13.1. The Labute approximate surface area is 326 Å². The maximum Gasteiger partial charge on any atom is 0.306 e. The minimum Gasteiger partial charge on any atom is -0.481 e. The molecule has 1 heterocycles. The molecule has 21 heteroatoms. The summed E-state index contributed by atoms with van der Waals surface area (Å²) in [6.07, 6.45) is -5.63. The second kappa shape index (κ2) is 19.1. The first kappa shape index (κ1) is 44.0. The van der Waals surface area contributed by atoms with E-state index < -0.39 is 103 Å². The Hall–Kier alpha value is -2.12. The molecule has 1 saturated heterocycles. The summed E-state index contributed by atoms with van der Waals surface area (Å²) >= 11 is 0.204. The van der Waals surface area contributed by atoms with Crippen molar-refractivity contribution in [2.24, 2.45) is 40.4 Å². The number of carbonyl (C=O) groups is 4. The smallest absolute Gasteiger partial charge is 0.306 e. The van der Waals surface area contributed by atoms with Crippen molar-refractivity contribution in [3.8, 4) is 0 Å². The molecule has 4 saturated carbocycles. The van der Waals surface area contributed by atoms with Crippen LogP contribution in [-0.2, 0) is 65.2 Å². The molecule has 0 radical (unpaired) electrons. The molecule has 0 aromatic heterocycles. The van der Waals surface area contributed by atoms with E-state index in [1.165, 1.54) is 0 Å². The third-order valence-electron chi connectivity index (χ3n) is 12.2. The highest BCUT2D eigenvalue weighted by Crippen LogP contribution is 2.70. The lowest BCUT2D eigenvalue weighted by atomic mass is 9.43. The number of esters is 2. The van der Waals surface area contributed by atoms with Gasteiger partial charge < -0.3 is 34.3 Å². The van der Waals surface area contributed by atoms with E-state index in [-0.39, 0.29) is 61.2 Å². The van der Waals surface area contributed by atoms with Gasteiger partial charge in [0, 0.05) is 11.8 Å². The molecule has 4 aliphatic carbocycles. The van der Waals surface area contributed by atoms with E-state index in [9.17, 15) is 29.4 Å². The fourth-order valence-electron chi connectivity index (χ4n) is 10.1. The van der Waals surface area contributed by atoms with Crippen molar-refractivity contribution in [1.82, 2.24) is 0 Å². The van der Waals surface area contributed by atoms with E-state index in [4.69, 9.17) is 42.9 Å². The van der Waals surface area contributed by atoms with Crippen molar-refractivity contribution in [3.63, 3.8) is 0 Å². The minimum atomic E-state index is -1.52. The highest BCUT2D eigenvalue weighted by molar-refractivity contribution is 7.90. The van der Waals surface area contributed by atoms with E-state index in [2.05, 4.69) is 32.2 Å². The van der Waals surface area contributed by atoms with Gasteiger partial charge in [-0.25, -0.2) is 10.5 Å². The van der Waals surface area contributed by atoms with Gasteiger partial charge in [-0.15, -0.1) is 8.67 Å². The Balaban J connectivity index is 1.48. The lowest BCUT2D eigenvalue weighted by Crippen LogP contribution is -2.63. The van der Waals surface area contributed by atoms with Gasteiger partial charge in [0.05, 0.1) is 31.0 Å². The molecule has 5 fully saturated rings. The van der Waals surface area contributed by atoms with Crippen LogP contribution in [-0.4, -0.2) is 99.2 Å². The Bertz CT molecular complexity index is 1390. The fraction of sp³-hybridized carbons (Fsp3) is 0.824. The van der Waals surface area contributed by atoms with Crippen molar-refractivity contribution in [1.29, 1.82) is 0 Å². The summed E-state index contributed by atoms with van der Waals surface area (Å²) in [7, 11) is 0. The number of hydrogen-bond acceptors (Lipinski definition) is 19. The Morgan fingerprint density at radius 1 is 0.945 bits per heavy atom. The monoisotopic (exact) mass is 826 g/mol. The molecule has 2 bridgehead atoms. The number of aliphatic hydroxyl groups excluding tert-OH is 1. The van der Waals surface area contributed by atoms with Crippen LogP contribution >= 0.6 is 24.6 Å². The number of carbonyl (C=O) groups excluding carboxylic acids is 2. The highest BCUT2D eigenvalue weighted by atomic mass is 32.2. The summed E-state index contributed by atoms with van der Waals surface area (Å²) in [5.41, 5.74) is -0.194. The number of fused-ring (bicyclic) bond motifs is 3. The number of ether oxygens (including phenoxy) is 4. The predicted octanol–water partition coefficient (Wildman–Crippen LogP) is 4.45. The summed E-state index contributed by atoms with van der Waals surface area (Å²) < 4.78 is 44.4. The molecular formula is C34H50O19S2. The molecule has 0 aromatic rings. The van der Waals surface area contributed by atoms with Gasteiger partial charge >= 0.3 is 23.9 Å². The topological polar surface area (TPSA) is 262 Å². The first-order chi connectivity index (χ1) is 26.1. The summed E-state index contributed by atoms with van der Waals surface area (Å²) in [6.45, 7) is 9.29.